The van der Waals surface area contributed by atoms with Crippen molar-refractivity contribution in [3.63, 3.8) is 0 Å². The van der Waals surface area contributed by atoms with Crippen molar-refractivity contribution in [3.05, 3.63) is 10.5 Å². The van der Waals surface area contributed by atoms with Crippen LogP contribution in [0.15, 0.2) is 10.5 Å². The van der Waals surface area contributed by atoms with Gasteiger partial charge in [-0.05, 0) is 49.0 Å². The summed E-state index contributed by atoms with van der Waals surface area (Å²) in [5.41, 5.74) is 0.648. The normalized spacial score (nSPS) is 17.3. The van der Waals surface area contributed by atoms with Gasteiger partial charge in [0.15, 0.2) is 0 Å². The highest BCUT2D eigenvalue weighted by molar-refractivity contribution is 8.07. The topological polar surface area (TPSA) is 40.9 Å². The van der Waals surface area contributed by atoms with Crippen molar-refractivity contribution >= 4 is 28.6 Å². The molecule has 0 aromatic rings. The SMILES string of the molecule is N#CSC1=C(C(=O)Cl)CCCC1. The Labute approximate surface area is 80.6 Å². The van der Waals surface area contributed by atoms with E-state index in [4.69, 9.17) is 16.9 Å². The Bertz CT molecular complexity index is 267. The number of halogens is 1. The number of carbonyl (C=O) groups excluding carboxylic acids is 1. The van der Waals surface area contributed by atoms with E-state index in [1.165, 1.54) is 0 Å². The lowest BCUT2D eigenvalue weighted by atomic mass is 10.0. The van der Waals surface area contributed by atoms with Crippen LogP contribution in [-0.4, -0.2) is 5.24 Å². The Morgan fingerprint density at radius 3 is 2.75 bits per heavy atom. The first-order valence-electron chi connectivity index (χ1n) is 3.73. The van der Waals surface area contributed by atoms with Gasteiger partial charge in [0.25, 0.3) is 0 Å². The third kappa shape index (κ3) is 2.26. The Morgan fingerprint density at radius 1 is 1.50 bits per heavy atom. The zero-order chi connectivity index (χ0) is 8.97. The summed E-state index contributed by atoms with van der Waals surface area (Å²) < 4.78 is 0. The lowest BCUT2D eigenvalue weighted by Crippen LogP contribution is -2.02. The number of allylic oxidation sites excluding steroid dienone is 2. The molecule has 0 N–H and O–H groups in total. The average Bonchev–Trinajstić information content (AvgIpc) is 2.05. The molecule has 0 saturated heterocycles. The van der Waals surface area contributed by atoms with Crippen LogP contribution in [0.25, 0.3) is 0 Å². The molecule has 0 heterocycles. The molecule has 0 amide bonds. The van der Waals surface area contributed by atoms with Crippen molar-refractivity contribution in [2.45, 2.75) is 25.7 Å². The van der Waals surface area contributed by atoms with Gasteiger partial charge >= 0.3 is 0 Å². The number of rotatable bonds is 2. The quantitative estimate of drug-likeness (QED) is 0.510. The summed E-state index contributed by atoms with van der Waals surface area (Å²) >= 11 is 6.44. The number of hydrogen-bond acceptors (Lipinski definition) is 3. The zero-order valence-corrected chi connectivity index (χ0v) is 8.04. The van der Waals surface area contributed by atoms with Crippen molar-refractivity contribution in [2.24, 2.45) is 0 Å². The summed E-state index contributed by atoms with van der Waals surface area (Å²) in [5, 5.41) is 10.0. The molecule has 0 aromatic carbocycles. The van der Waals surface area contributed by atoms with Gasteiger partial charge in [-0.2, -0.15) is 5.26 Å². The highest BCUT2D eigenvalue weighted by Crippen LogP contribution is 2.33. The molecule has 64 valence electrons. The highest BCUT2D eigenvalue weighted by Gasteiger charge is 2.17. The van der Waals surface area contributed by atoms with Crippen molar-refractivity contribution in [2.75, 3.05) is 0 Å². The van der Waals surface area contributed by atoms with Crippen LogP contribution in [0.2, 0.25) is 0 Å². The summed E-state index contributed by atoms with van der Waals surface area (Å²) in [4.78, 5) is 11.7. The maximum absolute atomic E-state index is 10.9. The molecule has 0 atom stereocenters. The number of hydrogen-bond donors (Lipinski definition) is 0. The van der Waals surface area contributed by atoms with Gasteiger partial charge in [-0.25, -0.2) is 0 Å². The summed E-state index contributed by atoms with van der Waals surface area (Å²) in [6, 6.07) is 0. The Balaban J connectivity index is 2.84. The van der Waals surface area contributed by atoms with Gasteiger partial charge in [-0.3, -0.25) is 4.79 Å². The lowest BCUT2D eigenvalue weighted by Gasteiger charge is -2.14. The van der Waals surface area contributed by atoms with E-state index in [2.05, 4.69) is 0 Å². The zero-order valence-electron chi connectivity index (χ0n) is 6.47. The second-order valence-corrected chi connectivity index (χ2v) is 3.80. The predicted molar refractivity (Wildman–Crippen MR) is 49.6 cm³/mol. The Kier molecular flexibility index (Phi) is 3.64. The number of thiocyanates is 1. The molecule has 0 bridgehead atoms. The molecule has 0 aromatic heterocycles. The monoisotopic (exact) mass is 201 g/mol. The van der Waals surface area contributed by atoms with Gasteiger partial charge in [0, 0.05) is 10.5 Å². The summed E-state index contributed by atoms with van der Waals surface area (Å²) in [6.07, 6.45) is 3.61. The van der Waals surface area contributed by atoms with Crippen LogP contribution in [0.5, 0.6) is 0 Å². The van der Waals surface area contributed by atoms with Gasteiger partial charge in [0.05, 0.1) is 0 Å². The Morgan fingerprint density at radius 2 is 2.17 bits per heavy atom. The van der Waals surface area contributed by atoms with Crippen molar-refractivity contribution in [3.8, 4) is 5.40 Å². The summed E-state index contributed by atoms with van der Waals surface area (Å²) in [5.74, 6) is 0. The van der Waals surface area contributed by atoms with Crippen LogP contribution in [0.4, 0.5) is 0 Å². The first kappa shape index (κ1) is 9.63. The summed E-state index contributed by atoms with van der Waals surface area (Å²) in [7, 11) is 0. The van der Waals surface area contributed by atoms with Gasteiger partial charge < -0.3 is 0 Å². The number of thioether (sulfide) groups is 1. The van der Waals surface area contributed by atoms with Crippen LogP contribution in [-0.2, 0) is 4.79 Å². The third-order valence-electron chi connectivity index (χ3n) is 1.82. The number of nitriles is 1. The molecule has 0 saturated carbocycles. The molecule has 4 heteroatoms. The largest absolute Gasteiger partial charge is 0.276 e. The van der Waals surface area contributed by atoms with Crippen molar-refractivity contribution in [1.29, 1.82) is 5.26 Å². The molecule has 0 aliphatic heterocycles. The maximum Gasteiger partial charge on any atom is 0.249 e. The van der Waals surface area contributed by atoms with E-state index < -0.39 is 5.24 Å². The predicted octanol–water partition coefficient (Wildman–Crippen LogP) is 2.79. The second kappa shape index (κ2) is 4.54. The number of nitrogens with zero attached hydrogens (tertiary/aromatic N) is 1. The van der Waals surface area contributed by atoms with E-state index in [1.807, 2.05) is 5.40 Å². The van der Waals surface area contributed by atoms with Crippen LogP contribution in [0.3, 0.4) is 0 Å². The van der Waals surface area contributed by atoms with Crippen LogP contribution in [0, 0.1) is 10.7 Å². The van der Waals surface area contributed by atoms with Gasteiger partial charge in [0.2, 0.25) is 5.24 Å². The molecule has 0 spiro atoms. The van der Waals surface area contributed by atoms with Gasteiger partial charge in [-0.1, -0.05) is 0 Å². The fourth-order valence-corrected chi connectivity index (χ4v) is 2.19. The van der Waals surface area contributed by atoms with Crippen LogP contribution >= 0.6 is 23.4 Å². The molecule has 0 radical (unpaired) electrons. The van der Waals surface area contributed by atoms with E-state index in [0.29, 0.717) is 5.57 Å². The van der Waals surface area contributed by atoms with Crippen molar-refractivity contribution in [1.82, 2.24) is 0 Å². The van der Waals surface area contributed by atoms with Gasteiger partial charge in [0.1, 0.15) is 5.40 Å². The summed E-state index contributed by atoms with van der Waals surface area (Å²) in [6.45, 7) is 0. The number of carbonyl (C=O) groups is 1. The van der Waals surface area contributed by atoms with Crippen molar-refractivity contribution < 1.29 is 4.79 Å². The van der Waals surface area contributed by atoms with Gasteiger partial charge in [-0.15, -0.1) is 0 Å². The first-order valence-corrected chi connectivity index (χ1v) is 4.93. The third-order valence-corrected chi connectivity index (χ3v) is 2.84. The molecule has 0 fully saturated rings. The molecule has 2 nitrogen and oxygen atoms in total. The standard InChI is InChI=1S/C8H8ClNOS/c9-8(11)6-3-1-2-4-7(6)12-5-10/h1-4H2. The van der Waals surface area contributed by atoms with E-state index >= 15 is 0 Å². The lowest BCUT2D eigenvalue weighted by molar-refractivity contribution is -0.108. The minimum absolute atomic E-state index is 0.396. The van der Waals surface area contributed by atoms with E-state index in [0.717, 1.165) is 42.4 Å². The maximum atomic E-state index is 10.9. The van der Waals surface area contributed by atoms with Crippen LogP contribution < -0.4 is 0 Å². The average molecular weight is 202 g/mol. The fraction of sp³-hybridized carbons (Fsp3) is 0.500. The molecule has 1 rings (SSSR count). The Hall–Kier alpha value is -0.460. The molecule has 1 aliphatic rings. The molecular weight excluding hydrogens is 194 g/mol. The molecule has 0 unspecified atom stereocenters. The molecule has 1 aliphatic carbocycles. The van der Waals surface area contributed by atoms with E-state index in [-0.39, 0.29) is 0 Å². The fourth-order valence-electron chi connectivity index (χ4n) is 1.25. The van der Waals surface area contributed by atoms with Crippen LogP contribution in [0.1, 0.15) is 25.7 Å². The first-order chi connectivity index (χ1) is 5.75. The molecular formula is C8H8ClNOS. The minimum Gasteiger partial charge on any atom is -0.276 e. The molecule has 12 heavy (non-hydrogen) atoms. The van der Waals surface area contributed by atoms with E-state index in [9.17, 15) is 4.79 Å². The minimum atomic E-state index is -0.396. The highest BCUT2D eigenvalue weighted by atomic mass is 35.5. The van der Waals surface area contributed by atoms with E-state index in [1.54, 1.807) is 0 Å². The smallest absolute Gasteiger partial charge is 0.249 e. The second-order valence-electron chi connectivity index (χ2n) is 2.58.